The van der Waals surface area contributed by atoms with Crippen LogP contribution < -0.4 is 4.90 Å². The molecule has 0 spiro atoms. The van der Waals surface area contributed by atoms with Gasteiger partial charge >= 0.3 is 0 Å². The van der Waals surface area contributed by atoms with Crippen molar-refractivity contribution in [3.8, 4) is 0 Å². The number of hydrogen-bond donors (Lipinski definition) is 1. The van der Waals surface area contributed by atoms with E-state index in [-0.39, 0.29) is 16.4 Å². The number of hydrogen-bond acceptors (Lipinski definition) is 3. The maximum absolute atomic E-state index is 13.6. The molecule has 1 N–H and O–H groups in total. The first-order valence-corrected chi connectivity index (χ1v) is 10.5. The fourth-order valence-electron chi connectivity index (χ4n) is 3.74. The number of aryl methyl sites for hydroxylation is 2. The van der Waals surface area contributed by atoms with Crippen molar-refractivity contribution in [1.82, 2.24) is 0 Å². The molecule has 3 aromatic rings. The van der Waals surface area contributed by atoms with E-state index >= 15 is 0 Å². The summed E-state index contributed by atoms with van der Waals surface area (Å²) in [4.78, 5) is 27.5. The number of ketones is 1. The Hall–Kier alpha value is -3.15. The van der Waals surface area contributed by atoms with Crippen molar-refractivity contribution in [2.75, 3.05) is 4.90 Å². The summed E-state index contributed by atoms with van der Waals surface area (Å²) in [6.07, 6.45) is 0. The molecule has 7 heteroatoms. The van der Waals surface area contributed by atoms with Gasteiger partial charge in [-0.2, -0.15) is 0 Å². The molecule has 0 saturated carbocycles. The van der Waals surface area contributed by atoms with Gasteiger partial charge in [0.15, 0.2) is 0 Å². The van der Waals surface area contributed by atoms with Crippen LogP contribution in [0, 0.1) is 19.7 Å². The fourth-order valence-corrected chi connectivity index (χ4v) is 4.03. The first-order chi connectivity index (χ1) is 15.2. The topological polar surface area (TPSA) is 57.6 Å². The predicted octanol–water partition coefficient (Wildman–Crippen LogP) is 6.38. The maximum atomic E-state index is 13.6. The number of amides is 1. The van der Waals surface area contributed by atoms with Crippen LogP contribution in [0.15, 0.2) is 66.2 Å². The van der Waals surface area contributed by atoms with Gasteiger partial charge in [0.1, 0.15) is 11.6 Å². The summed E-state index contributed by atoms with van der Waals surface area (Å²) in [5.74, 6) is -2.44. The normalized spacial score (nSPS) is 17.8. The maximum Gasteiger partial charge on any atom is 0.300 e. The number of rotatable bonds is 3. The summed E-state index contributed by atoms with van der Waals surface area (Å²) in [7, 11) is 0. The van der Waals surface area contributed by atoms with Crippen LogP contribution in [0.5, 0.6) is 0 Å². The van der Waals surface area contributed by atoms with E-state index in [1.807, 2.05) is 19.9 Å². The fraction of sp³-hybridized carbons (Fsp3) is 0.120. The molecule has 1 fully saturated rings. The van der Waals surface area contributed by atoms with Crippen molar-refractivity contribution < 1.29 is 19.1 Å². The third-order valence-electron chi connectivity index (χ3n) is 5.59. The van der Waals surface area contributed by atoms with Crippen LogP contribution in [0.25, 0.3) is 5.76 Å². The van der Waals surface area contributed by atoms with E-state index in [0.717, 1.165) is 11.1 Å². The number of halogens is 3. The highest BCUT2D eigenvalue weighted by Crippen LogP contribution is 2.43. The van der Waals surface area contributed by atoms with Crippen LogP contribution in [0.3, 0.4) is 0 Å². The number of anilines is 1. The van der Waals surface area contributed by atoms with E-state index in [9.17, 15) is 19.1 Å². The first-order valence-electron chi connectivity index (χ1n) is 9.78. The second-order valence-electron chi connectivity index (χ2n) is 7.62. The molecule has 4 rings (SSSR count). The molecule has 1 aliphatic rings. The zero-order valence-electron chi connectivity index (χ0n) is 17.2. The molecule has 0 radical (unpaired) electrons. The Labute approximate surface area is 194 Å². The van der Waals surface area contributed by atoms with Crippen molar-refractivity contribution in [1.29, 1.82) is 0 Å². The zero-order chi connectivity index (χ0) is 23.2. The van der Waals surface area contributed by atoms with E-state index < -0.39 is 23.5 Å². The number of aliphatic hydroxyl groups is 1. The van der Waals surface area contributed by atoms with Gasteiger partial charge in [-0.25, -0.2) is 4.39 Å². The van der Waals surface area contributed by atoms with Gasteiger partial charge in [0.2, 0.25) is 0 Å². The minimum absolute atomic E-state index is 0.0871. The number of Topliss-reactive ketones (excluding diaryl/α,β-unsaturated/α-hetero) is 1. The molecular formula is C25H18Cl2FNO3. The molecule has 1 amide bonds. The number of benzene rings is 3. The van der Waals surface area contributed by atoms with Gasteiger partial charge in [0.05, 0.1) is 21.7 Å². The molecule has 1 atom stereocenters. The van der Waals surface area contributed by atoms with Gasteiger partial charge < -0.3 is 5.11 Å². The van der Waals surface area contributed by atoms with Crippen molar-refractivity contribution >= 4 is 46.3 Å². The molecule has 1 saturated heterocycles. The number of nitrogens with zero attached hydrogens (tertiary/aromatic N) is 1. The van der Waals surface area contributed by atoms with Crippen molar-refractivity contribution in [3.63, 3.8) is 0 Å². The molecule has 3 aromatic carbocycles. The molecule has 32 heavy (non-hydrogen) atoms. The lowest BCUT2D eigenvalue weighted by molar-refractivity contribution is -0.132. The van der Waals surface area contributed by atoms with Gasteiger partial charge in [0, 0.05) is 11.3 Å². The van der Waals surface area contributed by atoms with Gasteiger partial charge in [-0.3, -0.25) is 14.5 Å². The van der Waals surface area contributed by atoms with Gasteiger partial charge in [-0.15, -0.1) is 0 Å². The van der Waals surface area contributed by atoms with Gasteiger partial charge in [-0.1, -0.05) is 47.5 Å². The van der Waals surface area contributed by atoms with Crippen LogP contribution in [0.1, 0.15) is 28.3 Å². The Morgan fingerprint density at radius 2 is 1.59 bits per heavy atom. The highest BCUT2D eigenvalue weighted by Gasteiger charge is 2.47. The monoisotopic (exact) mass is 469 g/mol. The summed E-state index contributed by atoms with van der Waals surface area (Å²) in [5.41, 5.74) is 3.05. The van der Waals surface area contributed by atoms with Crippen LogP contribution in [0.4, 0.5) is 10.1 Å². The van der Waals surface area contributed by atoms with Crippen molar-refractivity contribution in [3.05, 3.63) is 104 Å². The SMILES string of the molecule is Cc1ccc(/C(O)=C2\C(=O)C(=O)N(c3ccc(Cl)c(Cl)c3)C2c2ccc(F)cc2)cc1C. The quantitative estimate of drug-likeness (QED) is 0.275. The van der Waals surface area contributed by atoms with E-state index in [4.69, 9.17) is 23.2 Å². The Bertz CT molecular complexity index is 1280. The molecular weight excluding hydrogens is 452 g/mol. The Kier molecular flexibility index (Phi) is 5.80. The van der Waals surface area contributed by atoms with Gasteiger partial charge in [0.25, 0.3) is 11.7 Å². The van der Waals surface area contributed by atoms with Gasteiger partial charge in [-0.05, 0) is 66.9 Å². The first kappa shape index (κ1) is 22.1. The van der Waals surface area contributed by atoms with E-state index in [1.54, 1.807) is 18.2 Å². The van der Waals surface area contributed by atoms with Crippen LogP contribution in [-0.2, 0) is 9.59 Å². The third-order valence-corrected chi connectivity index (χ3v) is 6.33. The standard InChI is InChI=1S/C25H18Cl2FNO3/c1-13-3-4-16(11-14(13)2)23(30)21-22(15-5-7-17(28)8-6-15)29(25(32)24(21)31)18-9-10-19(26)20(27)12-18/h3-12,22,30H,1-2H3/b23-21+. The molecule has 0 aromatic heterocycles. The third kappa shape index (κ3) is 3.78. The zero-order valence-corrected chi connectivity index (χ0v) is 18.7. The molecule has 0 aliphatic carbocycles. The van der Waals surface area contributed by atoms with Crippen LogP contribution >= 0.6 is 23.2 Å². The average molecular weight is 470 g/mol. The second kappa shape index (κ2) is 8.41. The van der Waals surface area contributed by atoms with Crippen LogP contribution in [-0.4, -0.2) is 16.8 Å². The molecule has 162 valence electrons. The minimum Gasteiger partial charge on any atom is -0.507 e. The highest BCUT2D eigenvalue weighted by molar-refractivity contribution is 6.52. The Morgan fingerprint density at radius 3 is 2.22 bits per heavy atom. The largest absolute Gasteiger partial charge is 0.507 e. The smallest absolute Gasteiger partial charge is 0.300 e. The van der Waals surface area contributed by atoms with E-state index in [0.29, 0.717) is 21.8 Å². The van der Waals surface area contributed by atoms with Crippen LogP contribution in [0.2, 0.25) is 10.0 Å². The summed E-state index contributed by atoms with van der Waals surface area (Å²) in [5, 5.41) is 11.6. The lowest BCUT2D eigenvalue weighted by Gasteiger charge is -2.25. The molecule has 1 heterocycles. The lowest BCUT2D eigenvalue weighted by Crippen LogP contribution is -2.29. The summed E-state index contributed by atoms with van der Waals surface area (Å²) in [6, 6.07) is 14.3. The number of carbonyl (C=O) groups is 2. The second-order valence-corrected chi connectivity index (χ2v) is 8.43. The highest BCUT2D eigenvalue weighted by atomic mass is 35.5. The van der Waals surface area contributed by atoms with Crippen molar-refractivity contribution in [2.24, 2.45) is 0 Å². The molecule has 4 nitrogen and oxygen atoms in total. The molecule has 0 bridgehead atoms. The summed E-state index contributed by atoms with van der Waals surface area (Å²) >= 11 is 12.2. The Balaban J connectivity index is 1.96. The predicted molar refractivity (Wildman–Crippen MR) is 124 cm³/mol. The van der Waals surface area contributed by atoms with E-state index in [1.165, 1.54) is 41.3 Å². The summed E-state index contributed by atoms with van der Waals surface area (Å²) in [6.45, 7) is 3.82. The molecule has 1 aliphatic heterocycles. The Morgan fingerprint density at radius 1 is 0.906 bits per heavy atom. The summed E-state index contributed by atoms with van der Waals surface area (Å²) < 4.78 is 13.6. The number of aliphatic hydroxyl groups excluding tert-OH is 1. The average Bonchev–Trinajstić information content (AvgIpc) is 3.03. The van der Waals surface area contributed by atoms with E-state index in [2.05, 4.69) is 0 Å². The van der Waals surface area contributed by atoms with Crippen molar-refractivity contribution in [2.45, 2.75) is 19.9 Å². The minimum atomic E-state index is -0.977. The number of carbonyl (C=O) groups excluding carboxylic acids is 2. The lowest BCUT2D eigenvalue weighted by atomic mass is 9.94. The molecule has 1 unspecified atom stereocenters.